The van der Waals surface area contributed by atoms with Crippen LogP contribution in [0.3, 0.4) is 0 Å². The molecule has 5 heteroatoms. The minimum atomic E-state index is -0.873. The average molecular weight is 253 g/mol. The summed E-state index contributed by atoms with van der Waals surface area (Å²) in [5, 5.41) is 0. The molecule has 2 rings (SSSR count). The number of benzene rings is 1. The molecule has 0 radical (unpaired) electrons. The number of rotatable bonds is 3. The van der Waals surface area contributed by atoms with Gasteiger partial charge in [-0.25, -0.2) is 13.8 Å². The zero-order valence-electron chi connectivity index (χ0n) is 10.8. The predicted molar refractivity (Wildman–Crippen MR) is 67.3 cm³/mol. The highest BCUT2D eigenvalue weighted by Gasteiger charge is 2.18. The Kier molecular flexibility index (Phi) is 3.11. The van der Waals surface area contributed by atoms with Crippen LogP contribution in [-0.4, -0.2) is 15.1 Å². The smallest absolute Gasteiger partial charge is 0.161 e. The van der Waals surface area contributed by atoms with Crippen LogP contribution in [0.25, 0.3) is 11.0 Å². The fraction of sp³-hybridized carbons (Fsp3) is 0.462. The van der Waals surface area contributed by atoms with Crippen molar-refractivity contribution in [3.63, 3.8) is 0 Å². The molecule has 0 unspecified atom stereocenters. The molecule has 2 N–H and O–H groups in total. The average Bonchev–Trinajstić information content (AvgIpc) is 2.55. The molecule has 0 fully saturated rings. The van der Waals surface area contributed by atoms with Crippen molar-refractivity contribution < 1.29 is 8.78 Å². The van der Waals surface area contributed by atoms with Crippen LogP contribution in [0.2, 0.25) is 0 Å². The Bertz CT molecular complexity index is 582. The van der Waals surface area contributed by atoms with E-state index in [-0.39, 0.29) is 0 Å². The molecule has 0 aliphatic rings. The molecule has 1 aromatic heterocycles. The third-order valence-corrected chi connectivity index (χ3v) is 2.75. The number of halogens is 2. The Morgan fingerprint density at radius 3 is 2.44 bits per heavy atom. The van der Waals surface area contributed by atoms with Gasteiger partial charge < -0.3 is 10.3 Å². The minimum Gasteiger partial charge on any atom is -0.326 e. The molecule has 1 aromatic carbocycles. The summed E-state index contributed by atoms with van der Waals surface area (Å²) in [5.74, 6) is -0.948. The second-order valence-electron chi connectivity index (χ2n) is 5.21. The second kappa shape index (κ2) is 4.31. The molecule has 0 saturated heterocycles. The molecule has 2 aromatic rings. The number of aryl methyl sites for hydroxylation is 1. The van der Waals surface area contributed by atoms with E-state index in [1.165, 1.54) is 6.07 Å². The number of aromatic nitrogens is 2. The van der Waals surface area contributed by atoms with Crippen LogP contribution in [0.5, 0.6) is 0 Å². The number of fused-ring (bicyclic) bond motifs is 1. The fourth-order valence-electron chi connectivity index (χ4n) is 2.02. The lowest BCUT2D eigenvalue weighted by Crippen LogP contribution is -2.37. The highest BCUT2D eigenvalue weighted by molar-refractivity contribution is 5.76. The summed E-state index contributed by atoms with van der Waals surface area (Å²) in [5.41, 5.74) is 6.61. The fourth-order valence-corrected chi connectivity index (χ4v) is 2.02. The standard InChI is InChI=1S/C13H17F2N3/c1-4-12-17-10-5-8(14)9(15)6-11(10)18(12)7-13(2,3)16/h5-6H,4,7,16H2,1-3H3. The highest BCUT2D eigenvalue weighted by atomic mass is 19.2. The van der Waals surface area contributed by atoms with E-state index in [1.54, 1.807) is 0 Å². The van der Waals surface area contributed by atoms with Gasteiger partial charge in [0.15, 0.2) is 11.6 Å². The Labute approximate surface area is 105 Å². The van der Waals surface area contributed by atoms with Gasteiger partial charge in [0.25, 0.3) is 0 Å². The van der Waals surface area contributed by atoms with Crippen LogP contribution in [0.15, 0.2) is 12.1 Å². The molecular formula is C13H17F2N3. The number of imidazole rings is 1. The first-order valence-electron chi connectivity index (χ1n) is 5.95. The van der Waals surface area contributed by atoms with Gasteiger partial charge in [-0.3, -0.25) is 0 Å². The van der Waals surface area contributed by atoms with Crippen LogP contribution >= 0.6 is 0 Å². The maximum absolute atomic E-state index is 13.3. The van der Waals surface area contributed by atoms with Gasteiger partial charge >= 0.3 is 0 Å². The maximum Gasteiger partial charge on any atom is 0.161 e. The van der Waals surface area contributed by atoms with Gasteiger partial charge in [0.1, 0.15) is 5.82 Å². The molecule has 0 aliphatic heterocycles. The van der Waals surface area contributed by atoms with Gasteiger partial charge in [-0.15, -0.1) is 0 Å². The Morgan fingerprint density at radius 2 is 1.89 bits per heavy atom. The largest absolute Gasteiger partial charge is 0.326 e. The lowest BCUT2D eigenvalue weighted by atomic mass is 10.1. The van der Waals surface area contributed by atoms with Gasteiger partial charge in [-0.2, -0.15) is 0 Å². The first-order chi connectivity index (χ1) is 8.31. The maximum atomic E-state index is 13.3. The molecule has 98 valence electrons. The van der Waals surface area contributed by atoms with Crippen molar-refractivity contribution in [3.8, 4) is 0 Å². The van der Waals surface area contributed by atoms with Crippen LogP contribution in [-0.2, 0) is 13.0 Å². The molecule has 3 nitrogen and oxygen atoms in total. The lowest BCUT2D eigenvalue weighted by Gasteiger charge is -2.21. The molecule has 0 bridgehead atoms. The molecule has 0 atom stereocenters. The van der Waals surface area contributed by atoms with Gasteiger partial charge in [-0.1, -0.05) is 6.92 Å². The van der Waals surface area contributed by atoms with E-state index in [2.05, 4.69) is 4.98 Å². The molecule has 0 spiro atoms. The van der Waals surface area contributed by atoms with E-state index in [4.69, 9.17) is 5.73 Å². The Hall–Kier alpha value is -1.49. The van der Waals surface area contributed by atoms with Crippen LogP contribution < -0.4 is 5.73 Å². The number of nitrogens with two attached hydrogens (primary N) is 1. The molecule has 18 heavy (non-hydrogen) atoms. The summed E-state index contributed by atoms with van der Waals surface area (Å²) < 4.78 is 28.4. The molecule has 0 amide bonds. The van der Waals surface area contributed by atoms with E-state index >= 15 is 0 Å². The number of hydrogen-bond acceptors (Lipinski definition) is 2. The lowest BCUT2D eigenvalue weighted by molar-refractivity contribution is 0.432. The van der Waals surface area contributed by atoms with Gasteiger partial charge in [-0.05, 0) is 13.8 Å². The van der Waals surface area contributed by atoms with E-state index in [0.29, 0.717) is 24.0 Å². The van der Waals surface area contributed by atoms with Gasteiger partial charge in [0.2, 0.25) is 0 Å². The van der Waals surface area contributed by atoms with Crippen molar-refractivity contribution in [2.75, 3.05) is 0 Å². The summed E-state index contributed by atoms with van der Waals surface area (Å²) >= 11 is 0. The number of hydrogen-bond donors (Lipinski definition) is 1. The van der Waals surface area contributed by atoms with E-state index in [0.717, 1.165) is 11.9 Å². The predicted octanol–water partition coefficient (Wildman–Crippen LogP) is 2.61. The first-order valence-corrected chi connectivity index (χ1v) is 5.95. The van der Waals surface area contributed by atoms with Crippen LogP contribution in [0, 0.1) is 11.6 Å². The van der Waals surface area contributed by atoms with E-state index in [1.807, 2.05) is 25.3 Å². The second-order valence-corrected chi connectivity index (χ2v) is 5.21. The quantitative estimate of drug-likeness (QED) is 0.913. The minimum absolute atomic E-state index is 0.442. The van der Waals surface area contributed by atoms with E-state index in [9.17, 15) is 8.78 Å². The first kappa shape index (κ1) is 13.0. The molecule has 0 saturated carbocycles. The Balaban J connectivity index is 2.65. The van der Waals surface area contributed by atoms with E-state index < -0.39 is 17.2 Å². The summed E-state index contributed by atoms with van der Waals surface area (Å²) in [6.07, 6.45) is 0.688. The number of nitrogens with zero attached hydrogens (tertiary/aromatic N) is 2. The van der Waals surface area contributed by atoms with Crippen LogP contribution in [0.4, 0.5) is 8.78 Å². The van der Waals surface area contributed by atoms with Crippen molar-refractivity contribution in [1.82, 2.24) is 9.55 Å². The topological polar surface area (TPSA) is 43.8 Å². The highest BCUT2D eigenvalue weighted by Crippen LogP contribution is 2.22. The Morgan fingerprint density at radius 1 is 1.28 bits per heavy atom. The summed E-state index contributed by atoms with van der Waals surface area (Å²) in [7, 11) is 0. The van der Waals surface area contributed by atoms with Gasteiger partial charge in [0.05, 0.1) is 11.0 Å². The summed E-state index contributed by atoms with van der Waals surface area (Å²) in [6.45, 7) is 6.24. The third-order valence-electron chi connectivity index (χ3n) is 2.75. The molecular weight excluding hydrogens is 236 g/mol. The normalized spacial score (nSPS) is 12.3. The molecule has 0 aliphatic carbocycles. The zero-order chi connectivity index (χ0) is 13.5. The van der Waals surface area contributed by atoms with Crippen molar-refractivity contribution in [1.29, 1.82) is 0 Å². The monoisotopic (exact) mass is 253 g/mol. The van der Waals surface area contributed by atoms with Crippen LogP contribution in [0.1, 0.15) is 26.6 Å². The zero-order valence-corrected chi connectivity index (χ0v) is 10.8. The summed E-state index contributed by atoms with van der Waals surface area (Å²) in [4.78, 5) is 4.32. The SMILES string of the molecule is CCc1nc2cc(F)c(F)cc2n1CC(C)(C)N. The van der Waals surface area contributed by atoms with Gasteiger partial charge in [0, 0.05) is 30.6 Å². The molecule has 1 heterocycles. The third kappa shape index (κ3) is 2.36. The van der Waals surface area contributed by atoms with Crippen molar-refractivity contribution in [3.05, 3.63) is 29.6 Å². The van der Waals surface area contributed by atoms with Crippen molar-refractivity contribution >= 4 is 11.0 Å². The van der Waals surface area contributed by atoms with Crippen molar-refractivity contribution in [2.24, 2.45) is 5.73 Å². The van der Waals surface area contributed by atoms with Crippen molar-refractivity contribution in [2.45, 2.75) is 39.3 Å². The summed E-state index contributed by atoms with van der Waals surface area (Å²) in [6, 6.07) is 2.31.